The van der Waals surface area contributed by atoms with Crippen LogP contribution in [0.2, 0.25) is 5.02 Å². The number of hydrogen-bond donors (Lipinski definition) is 0. The van der Waals surface area contributed by atoms with Crippen molar-refractivity contribution in [2.75, 3.05) is 7.05 Å². The Morgan fingerprint density at radius 3 is 2.23 bits per heavy atom. The molecule has 2 aromatic carbocycles. The van der Waals surface area contributed by atoms with Gasteiger partial charge < -0.3 is 4.57 Å². The number of benzene rings is 2. The van der Waals surface area contributed by atoms with Gasteiger partial charge in [0.15, 0.2) is 0 Å². The van der Waals surface area contributed by atoms with E-state index in [2.05, 4.69) is 107 Å². The highest BCUT2D eigenvalue weighted by Gasteiger charge is 2.26. The van der Waals surface area contributed by atoms with Crippen LogP contribution in [0.5, 0.6) is 0 Å². The van der Waals surface area contributed by atoms with Crippen molar-refractivity contribution in [3.8, 4) is 22.6 Å². The van der Waals surface area contributed by atoms with Crippen LogP contribution in [-0.2, 0) is 25.9 Å². The maximum atomic E-state index is 6.83. The predicted molar refractivity (Wildman–Crippen MR) is 175 cm³/mol. The fourth-order valence-corrected chi connectivity index (χ4v) is 5.99. The summed E-state index contributed by atoms with van der Waals surface area (Å²) < 4.78 is 2.45. The van der Waals surface area contributed by atoms with Crippen LogP contribution in [-0.4, -0.2) is 27.5 Å². The number of hydrogen-bond acceptors (Lipinski definition) is 2. The van der Waals surface area contributed by atoms with E-state index in [0.717, 1.165) is 67.3 Å². The van der Waals surface area contributed by atoms with Crippen LogP contribution in [0.3, 0.4) is 0 Å². The van der Waals surface area contributed by atoms with Crippen LogP contribution in [0.25, 0.3) is 22.6 Å². The number of likely N-dealkylation sites (N-methyl/N-ethyl adjacent to an activating group) is 1. The number of unbranched alkanes of at least 4 members (excludes halogenated alkanes) is 1. The molecule has 1 unspecified atom stereocenters. The zero-order valence-corrected chi connectivity index (χ0v) is 26.7. The smallest absolute Gasteiger partial charge is 0.141 e. The quantitative estimate of drug-likeness (QED) is 0.173. The maximum absolute atomic E-state index is 6.83. The fraction of sp³-hybridized carbons (Fsp3) is 0.472. The molecular formula is C36H50ClN3. The summed E-state index contributed by atoms with van der Waals surface area (Å²) >= 11 is 6.83. The summed E-state index contributed by atoms with van der Waals surface area (Å²) in [7, 11) is 2.28. The van der Waals surface area contributed by atoms with E-state index in [0.29, 0.717) is 6.04 Å². The molecule has 1 heterocycles. The molecule has 0 saturated heterocycles. The lowest BCUT2D eigenvalue weighted by molar-refractivity contribution is 0.245. The first kappa shape index (κ1) is 31.9. The molecule has 3 rings (SSSR count). The number of halogens is 1. The Hall–Kier alpha value is -2.62. The van der Waals surface area contributed by atoms with Gasteiger partial charge in [0.25, 0.3) is 0 Å². The first-order valence-corrected chi connectivity index (χ1v) is 15.8. The number of imidazole rings is 1. The van der Waals surface area contributed by atoms with Gasteiger partial charge in [-0.2, -0.15) is 0 Å². The van der Waals surface area contributed by atoms with Crippen LogP contribution in [0, 0.1) is 0 Å². The zero-order valence-electron chi connectivity index (χ0n) is 25.9. The van der Waals surface area contributed by atoms with Gasteiger partial charge in [-0.3, -0.25) is 4.90 Å². The van der Waals surface area contributed by atoms with Crippen molar-refractivity contribution in [3.05, 3.63) is 88.1 Å². The summed E-state index contributed by atoms with van der Waals surface area (Å²) in [5.74, 6) is 1.07. The minimum absolute atomic E-state index is 0.347. The summed E-state index contributed by atoms with van der Waals surface area (Å²) in [6.45, 7) is 15.1. The highest BCUT2D eigenvalue weighted by molar-refractivity contribution is 6.33. The van der Waals surface area contributed by atoms with E-state index in [9.17, 15) is 0 Å². The van der Waals surface area contributed by atoms with Gasteiger partial charge in [0.2, 0.25) is 0 Å². The molecule has 0 fully saturated rings. The molecule has 0 saturated carbocycles. The van der Waals surface area contributed by atoms with Gasteiger partial charge in [0.1, 0.15) is 5.82 Å². The molecule has 3 nitrogen and oxygen atoms in total. The minimum Gasteiger partial charge on any atom is -0.327 e. The number of aromatic nitrogens is 2. The summed E-state index contributed by atoms with van der Waals surface area (Å²) in [5.41, 5.74) is 8.66. The summed E-state index contributed by atoms with van der Waals surface area (Å²) in [5, 5.41) is 0.748. The van der Waals surface area contributed by atoms with Gasteiger partial charge in [0, 0.05) is 30.3 Å². The van der Waals surface area contributed by atoms with E-state index < -0.39 is 0 Å². The second kappa shape index (κ2) is 16.0. The SMILES string of the molecule is CC/C=C\C(=C/CC)C(CCCC)N(C)Cc1c(-c2ccccc2Cl)nc(-c2c(CC)cccc2CC)n1CC. The lowest BCUT2D eigenvalue weighted by Gasteiger charge is -2.30. The summed E-state index contributed by atoms with van der Waals surface area (Å²) in [4.78, 5) is 7.97. The van der Waals surface area contributed by atoms with Gasteiger partial charge in [-0.1, -0.05) is 114 Å². The molecule has 0 aliphatic rings. The average Bonchev–Trinajstić information content (AvgIpc) is 3.32. The summed E-state index contributed by atoms with van der Waals surface area (Å²) in [6, 6.07) is 15.2. The largest absolute Gasteiger partial charge is 0.327 e. The van der Waals surface area contributed by atoms with E-state index in [1.54, 1.807) is 0 Å². The van der Waals surface area contributed by atoms with Crippen LogP contribution < -0.4 is 0 Å². The van der Waals surface area contributed by atoms with Gasteiger partial charge in [-0.25, -0.2) is 4.98 Å². The van der Waals surface area contributed by atoms with E-state index in [1.807, 2.05) is 12.1 Å². The van der Waals surface area contributed by atoms with Gasteiger partial charge in [0.05, 0.1) is 16.4 Å². The second-order valence-corrected chi connectivity index (χ2v) is 11.0. The number of rotatable bonds is 15. The van der Waals surface area contributed by atoms with Crippen molar-refractivity contribution in [2.24, 2.45) is 0 Å². The third-order valence-electron chi connectivity index (χ3n) is 7.87. The van der Waals surface area contributed by atoms with E-state index in [-0.39, 0.29) is 0 Å². The molecular weight excluding hydrogens is 510 g/mol. The predicted octanol–water partition coefficient (Wildman–Crippen LogP) is 10.3. The molecule has 0 spiro atoms. The van der Waals surface area contributed by atoms with Gasteiger partial charge >= 0.3 is 0 Å². The highest BCUT2D eigenvalue weighted by atomic mass is 35.5. The Labute approximate surface area is 249 Å². The van der Waals surface area contributed by atoms with Gasteiger partial charge in [-0.05, 0) is 68.8 Å². The Kier molecular flexibility index (Phi) is 12.7. The van der Waals surface area contributed by atoms with E-state index in [4.69, 9.17) is 16.6 Å². The molecule has 216 valence electrons. The third-order valence-corrected chi connectivity index (χ3v) is 8.20. The molecule has 0 bridgehead atoms. The number of allylic oxidation sites excluding steroid dienone is 2. The van der Waals surface area contributed by atoms with E-state index in [1.165, 1.54) is 40.8 Å². The first-order chi connectivity index (χ1) is 19.4. The standard InChI is InChI=1S/C36H50ClN3/c1-8-14-20-29(19-10-3)32(25-15-9-2)39(7)26-33-35(30-23-16-17-24-31(30)37)38-36(40(33)13-6)34-27(11-4)21-18-22-28(34)12-5/h14,16-24,32H,8-13,15,25-26H2,1-7H3/b20-14-,29-19+. The van der Waals surface area contributed by atoms with Crippen molar-refractivity contribution in [1.82, 2.24) is 14.5 Å². The Morgan fingerprint density at radius 1 is 0.950 bits per heavy atom. The van der Waals surface area contributed by atoms with Crippen molar-refractivity contribution in [1.29, 1.82) is 0 Å². The molecule has 0 aliphatic heterocycles. The van der Waals surface area contributed by atoms with Crippen LogP contribution >= 0.6 is 11.6 Å². The van der Waals surface area contributed by atoms with E-state index >= 15 is 0 Å². The lowest BCUT2D eigenvalue weighted by Crippen LogP contribution is -2.33. The molecule has 0 amide bonds. The molecule has 0 radical (unpaired) electrons. The normalized spacial score (nSPS) is 13.1. The molecule has 1 aromatic heterocycles. The molecule has 40 heavy (non-hydrogen) atoms. The average molecular weight is 560 g/mol. The topological polar surface area (TPSA) is 21.1 Å². The fourth-order valence-electron chi connectivity index (χ4n) is 5.77. The minimum atomic E-state index is 0.347. The Morgan fingerprint density at radius 2 is 1.65 bits per heavy atom. The molecule has 1 atom stereocenters. The monoisotopic (exact) mass is 559 g/mol. The number of aryl methyl sites for hydroxylation is 2. The van der Waals surface area contributed by atoms with Crippen molar-refractivity contribution in [2.45, 2.75) is 106 Å². The lowest BCUT2D eigenvalue weighted by atomic mass is 9.97. The maximum Gasteiger partial charge on any atom is 0.141 e. The van der Waals surface area contributed by atoms with Crippen molar-refractivity contribution in [3.63, 3.8) is 0 Å². The van der Waals surface area contributed by atoms with Crippen LogP contribution in [0.1, 0.15) is 90.5 Å². The molecule has 4 heteroatoms. The molecule has 3 aromatic rings. The Bertz CT molecular complexity index is 1260. The molecule has 0 aliphatic carbocycles. The van der Waals surface area contributed by atoms with Crippen molar-refractivity contribution >= 4 is 11.6 Å². The third kappa shape index (κ3) is 7.36. The van der Waals surface area contributed by atoms with Gasteiger partial charge in [-0.15, -0.1) is 0 Å². The zero-order chi connectivity index (χ0) is 29.1. The highest BCUT2D eigenvalue weighted by Crippen LogP contribution is 2.37. The van der Waals surface area contributed by atoms with Crippen molar-refractivity contribution < 1.29 is 0 Å². The summed E-state index contributed by atoms with van der Waals surface area (Å²) in [6.07, 6.45) is 14.6. The Balaban J connectivity index is 2.24. The number of nitrogens with zero attached hydrogens (tertiary/aromatic N) is 3. The van der Waals surface area contributed by atoms with Crippen LogP contribution in [0.15, 0.2) is 66.3 Å². The second-order valence-electron chi connectivity index (χ2n) is 10.6. The first-order valence-electron chi connectivity index (χ1n) is 15.5. The molecule has 0 N–H and O–H groups in total. The van der Waals surface area contributed by atoms with Crippen LogP contribution in [0.4, 0.5) is 0 Å².